The smallest absolute Gasteiger partial charge is 0.255 e. The van der Waals surface area contributed by atoms with Gasteiger partial charge in [0.15, 0.2) is 0 Å². The van der Waals surface area contributed by atoms with Gasteiger partial charge in [0.25, 0.3) is 5.91 Å². The standard InChI is InChI=1S/C19H24N4O3/c1-22(13-17-3-2-10-25-17)16-11-19(26-14-16)5-8-23(9-6-19)18(24)15-4-7-20-21-12-15/h2-4,7,10,12,16H,5-6,8-9,11,13-14H2,1H3/t16-/m1/s1. The Morgan fingerprint density at radius 3 is 2.88 bits per heavy atom. The predicted octanol–water partition coefficient (Wildman–Crippen LogP) is 1.97. The highest BCUT2D eigenvalue weighted by molar-refractivity contribution is 5.93. The molecule has 0 unspecified atom stereocenters. The van der Waals surface area contributed by atoms with Crippen LogP contribution in [0.3, 0.4) is 0 Å². The van der Waals surface area contributed by atoms with Crippen molar-refractivity contribution in [3.63, 3.8) is 0 Å². The van der Waals surface area contributed by atoms with Gasteiger partial charge in [0.05, 0.1) is 43.0 Å². The average Bonchev–Trinajstić information content (AvgIpc) is 3.33. The van der Waals surface area contributed by atoms with Crippen molar-refractivity contribution in [3.05, 3.63) is 48.2 Å². The third kappa shape index (κ3) is 3.50. The van der Waals surface area contributed by atoms with Gasteiger partial charge in [-0.05, 0) is 44.5 Å². The van der Waals surface area contributed by atoms with Crippen LogP contribution in [0.5, 0.6) is 0 Å². The molecule has 2 aromatic rings. The quantitative estimate of drug-likeness (QED) is 0.834. The molecule has 2 fully saturated rings. The van der Waals surface area contributed by atoms with Crippen molar-refractivity contribution < 1.29 is 13.9 Å². The summed E-state index contributed by atoms with van der Waals surface area (Å²) in [6, 6.07) is 6.01. The van der Waals surface area contributed by atoms with Gasteiger partial charge in [-0.2, -0.15) is 10.2 Å². The summed E-state index contributed by atoms with van der Waals surface area (Å²) < 4.78 is 11.7. The number of furan rings is 1. The second kappa shape index (κ2) is 7.17. The number of nitrogens with zero attached hydrogens (tertiary/aromatic N) is 4. The molecule has 0 aliphatic carbocycles. The molecule has 4 rings (SSSR count). The molecule has 1 spiro atoms. The molecule has 0 aromatic carbocycles. The Hall–Kier alpha value is -2.25. The van der Waals surface area contributed by atoms with Gasteiger partial charge in [0.1, 0.15) is 5.76 Å². The summed E-state index contributed by atoms with van der Waals surface area (Å²) in [6.45, 7) is 2.96. The molecule has 2 aromatic heterocycles. The summed E-state index contributed by atoms with van der Waals surface area (Å²) >= 11 is 0. The summed E-state index contributed by atoms with van der Waals surface area (Å²) in [6.07, 6.45) is 7.55. The predicted molar refractivity (Wildman–Crippen MR) is 94.4 cm³/mol. The summed E-state index contributed by atoms with van der Waals surface area (Å²) in [5, 5.41) is 7.53. The van der Waals surface area contributed by atoms with Crippen molar-refractivity contribution in [2.75, 3.05) is 26.7 Å². The van der Waals surface area contributed by atoms with Crippen LogP contribution in [0.2, 0.25) is 0 Å². The highest BCUT2D eigenvalue weighted by atomic mass is 16.5. The number of piperidine rings is 1. The van der Waals surface area contributed by atoms with Gasteiger partial charge in [0.2, 0.25) is 0 Å². The summed E-state index contributed by atoms with van der Waals surface area (Å²) in [7, 11) is 2.12. The first-order valence-corrected chi connectivity index (χ1v) is 9.08. The average molecular weight is 356 g/mol. The van der Waals surface area contributed by atoms with Gasteiger partial charge < -0.3 is 14.1 Å². The molecule has 0 saturated carbocycles. The number of aromatic nitrogens is 2. The van der Waals surface area contributed by atoms with Crippen LogP contribution < -0.4 is 0 Å². The van der Waals surface area contributed by atoms with Crippen LogP contribution in [0.15, 0.2) is 41.3 Å². The summed E-state index contributed by atoms with van der Waals surface area (Å²) in [5.41, 5.74) is 0.495. The van der Waals surface area contributed by atoms with Gasteiger partial charge in [-0.3, -0.25) is 9.69 Å². The van der Waals surface area contributed by atoms with E-state index in [-0.39, 0.29) is 11.5 Å². The Bertz CT molecular complexity index is 727. The van der Waals surface area contributed by atoms with Gasteiger partial charge in [0, 0.05) is 19.1 Å². The van der Waals surface area contributed by atoms with Crippen LogP contribution >= 0.6 is 0 Å². The van der Waals surface area contributed by atoms with E-state index in [4.69, 9.17) is 9.15 Å². The molecule has 7 nitrogen and oxygen atoms in total. The maximum Gasteiger partial charge on any atom is 0.255 e. The minimum atomic E-state index is -0.102. The van der Waals surface area contributed by atoms with E-state index in [1.54, 1.807) is 18.5 Å². The van der Waals surface area contributed by atoms with Gasteiger partial charge in [-0.1, -0.05) is 0 Å². The Morgan fingerprint density at radius 2 is 2.19 bits per heavy atom. The molecule has 0 bridgehead atoms. The Kier molecular flexibility index (Phi) is 4.74. The molecule has 7 heteroatoms. The molecular weight excluding hydrogens is 332 g/mol. The highest BCUT2D eigenvalue weighted by Gasteiger charge is 2.44. The molecule has 4 heterocycles. The van der Waals surface area contributed by atoms with Crippen LogP contribution in [0, 0.1) is 0 Å². The normalized spacial score (nSPS) is 22.2. The highest BCUT2D eigenvalue weighted by Crippen LogP contribution is 2.38. The molecule has 2 aliphatic heterocycles. The van der Waals surface area contributed by atoms with Crippen molar-refractivity contribution in [1.82, 2.24) is 20.0 Å². The lowest BCUT2D eigenvalue weighted by molar-refractivity contribution is -0.0393. The Morgan fingerprint density at radius 1 is 1.35 bits per heavy atom. The molecule has 1 amide bonds. The third-order valence-electron chi connectivity index (χ3n) is 5.59. The van der Waals surface area contributed by atoms with Gasteiger partial charge >= 0.3 is 0 Å². The number of amides is 1. The number of rotatable bonds is 4. The lowest BCUT2D eigenvalue weighted by atomic mass is 9.87. The monoisotopic (exact) mass is 356 g/mol. The zero-order valence-corrected chi connectivity index (χ0v) is 15.0. The van der Waals surface area contributed by atoms with E-state index in [1.807, 2.05) is 17.0 Å². The number of hydrogen-bond acceptors (Lipinski definition) is 6. The maximum absolute atomic E-state index is 12.6. The first-order valence-electron chi connectivity index (χ1n) is 9.08. The van der Waals surface area contributed by atoms with Crippen LogP contribution in [0.25, 0.3) is 0 Å². The van der Waals surface area contributed by atoms with Crippen molar-refractivity contribution in [3.8, 4) is 0 Å². The lowest BCUT2D eigenvalue weighted by Crippen LogP contribution is -2.47. The molecular formula is C19H24N4O3. The molecule has 26 heavy (non-hydrogen) atoms. The SMILES string of the molecule is CN(Cc1ccco1)[C@H]1COC2(CCN(C(=O)c3ccnnc3)CC2)C1. The van der Waals surface area contributed by atoms with Gasteiger partial charge in [-0.25, -0.2) is 0 Å². The van der Waals surface area contributed by atoms with Crippen LogP contribution in [0.1, 0.15) is 35.4 Å². The first-order chi connectivity index (χ1) is 12.7. The van der Waals surface area contributed by atoms with Crippen molar-refractivity contribution in [1.29, 1.82) is 0 Å². The number of likely N-dealkylation sites (N-methyl/N-ethyl adjacent to an activating group) is 1. The lowest BCUT2D eigenvalue weighted by Gasteiger charge is -2.39. The summed E-state index contributed by atoms with van der Waals surface area (Å²) in [4.78, 5) is 16.7. The van der Waals surface area contributed by atoms with Gasteiger partial charge in [-0.15, -0.1) is 0 Å². The molecule has 2 aliphatic rings. The zero-order chi connectivity index (χ0) is 18.0. The van der Waals surface area contributed by atoms with Crippen LogP contribution in [0.4, 0.5) is 0 Å². The minimum absolute atomic E-state index is 0.0271. The number of carbonyl (C=O) groups is 1. The second-order valence-corrected chi connectivity index (χ2v) is 7.27. The molecule has 138 valence electrons. The summed E-state index contributed by atoms with van der Waals surface area (Å²) in [5.74, 6) is 0.999. The van der Waals surface area contributed by atoms with E-state index < -0.39 is 0 Å². The number of ether oxygens (including phenoxy) is 1. The molecule has 2 saturated heterocycles. The van der Waals surface area contributed by atoms with Crippen LogP contribution in [-0.4, -0.2) is 64.3 Å². The number of likely N-dealkylation sites (tertiary alicyclic amines) is 1. The van der Waals surface area contributed by atoms with Crippen molar-refractivity contribution >= 4 is 5.91 Å². The molecule has 1 atom stereocenters. The van der Waals surface area contributed by atoms with E-state index in [0.717, 1.165) is 51.3 Å². The van der Waals surface area contributed by atoms with E-state index in [1.165, 1.54) is 6.20 Å². The Labute approximate surface area is 152 Å². The van der Waals surface area contributed by atoms with E-state index >= 15 is 0 Å². The largest absolute Gasteiger partial charge is 0.468 e. The Balaban J connectivity index is 1.32. The fraction of sp³-hybridized carbons (Fsp3) is 0.526. The molecule has 0 radical (unpaired) electrons. The first kappa shape index (κ1) is 17.2. The van der Waals surface area contributed by atoms with Crippen molar-refractivity contribution in [2.45, 2.75) is 37.5 Å². The van der Waals surface area contributed by atoms with Crippen LogP contribution in [-0.2, 0) is 11.3 Å². The zero-order valence-electron chi connectivity index (χ0n) is 15.0. The number of carbonyl (C=O) groups excluding carboxylic acids is 1. The fourth-order valence-electron chi connectivity index (χ4n) is 3.95. The topological polar surface area (TPSA) is 71.7 Å². The van der Waals surface area contributed by atoms with E-state index in [0.29, 0.717) is 11.6 Å². The van der Waals surface area contributed by atoms with Crippen molar-refractivity contribution in [2.24, 2.45) is 0 Å². The van der Waals surface area contributed by atoms with E-state index in [2.05, 4.69) is 22.1 Å². The second-order valence-electron chi connectivity index (χ2n) is 7.27. The minimum Gasteiger partial charge on any atom is -0.468 e. The molecule has 0 N–H and O–H groups in total. The number of hydrogen-bond donors (Lipinski definition) is 0. The van der Waals surface area contributed by atoms with E-state index in [9.17, 15) is 4.79 Å². The fourth-order valence-corrected chi connectivity index (χ4v) is 3.95. The maximum atomic E-state index is 12.6. The third-order valence-corrected chi connectivity index (χ3v) is 5.59.